The van der Waals surface area contributed by atoms with E-state index in [0.717, 1.165) is 5.69 Å². The quantitative estimate of drug-likeness (QED) is 0.468. The summed E-state index contributed by atoms with van der Waals surface area (Å²) in [6.07, 6.45) is 0.368. The Bertz CT molecular complexity index is 1270. The minimum Gasteiger partial charge on any atom is -0.282 e. The van der Waals surface area contributed by atoms with Crippen LogP contribution in [0.3, 0.4) is 0 Å². The molecule has 0 saturated carbocycles. The highest BCUT2D eigenvalue weighted by Gasteiger charge is 2.30. The van der Waals surface area contributed by atoms with Crippen molar-refractivity contribution in [2.75, 3.05) is 16.3 Å². The number of anilines is 2. The third-order valence-corrected chi connectivity index (χ3v) is 7.35. The van der Waals surface area contributed by atoms with E-state index in [1.165, 1.54) is 24.3 Å². The number of carbonyl (C=O) groups excluding carboxylic acids is 1. The van der Waals surface area contributed by atoms with Crippen LogP contribution in [0.5, 0.6) is 0 Å². The fraction of sp³-hybridized carbons (Fsp3) is 0.136. The molecule has 4 rings (SSSR count). The molecule has 0 aromatic heterocycles. The van der Waals surface area contributed by atoms with E-state index < -0.39 is 10.0 Å². The van der Waals surface area contributed by atoms with Crippen molar-refractivity contribution in [3.63, 3.8) is 0 Å². The van der Waals surface area contributed by atoms with E-state index in [4.69, 9.17) is 34.8 Å². The van der Waals surface area contributed by atoms with Gasteiger partial charge in [-0.15, -0.1) is 0 Å². The van der Waals surface area contributed by atoms with Crippen LogP contribution in [0.2, 0.25) is 15.1 Å². The van der Waals surface area contributed by atoms with Gasteiger partial charge in [0.25, 0.3) is 10.0 Å². The molecule has 6 nitrogen and oxygen atoms in total. The number of para-hydroxylation sites is 1. The van der Waals surface area contributed by atoms with Gasteiger partial charge in [-0.3, -0.25) is 14.5 Å². The van der Waals surface area contributed by atoms with Crippen LogP contribution >= 0.6 is 34.8 Å². The van der Waals surface area contributed by atoms with Gasteiger partial charge >= 0.3 is 0 Å². The zero-order valence-corrected chi connectivity index (χ0v) is 19.7. The Morgan fingerprint density at radius 3 is 2.38 bits per heavy atom. The van der Waals surface area contributed by atoms with Gasteiger partial charge in [0.2, 0.25) is 5.91 Å². The minimum absolute atomic E-state index is 0.0408. The van der Waals surface area contributed by atoms with Crippen molar-refractivity contribution >= 4 is 62.1 Å². The number of sulfonamides is 1. The summed E-state index contributed by atoms with van der Waals surface area (Å²) in [5, 5.41) is 4.22. The third-order valence-electron chi connectivity index (χ3n) is 5.01. The Morgan fingerprint density at radius 2 is 1.66 bits per heavy atom. The van der Waals surface area contributed by atoms with E-state index in [0.29, 0.717) is 23.6 Å². The zero-order chi connectivity index (χ0) is 22.9. The highest BCUT2D eigenvalue weighted by atomic mass is 35.5. The van der Waals surface area contributed by atoms with Gasteiger partial charge in [0.15, 0.2) is 0 Å². The van der Waals surface area contributed by atoms with Crippen molar-refractivity contribution in [3.8, 4) is 0 Å². The van der Waals surface area contributed by atoms with Crippen molar-refractivity contribution in [2.45, 2.75) is 17.9 Å². The van der Waals surface area contributed by atoms with Crippen LogP contribution in [-0.4, -0.2) is 25.9 Å². The highest BCUT2D eigenvalue weighted by Crippen LogP contribution is 2.30. The largest absolute Gasteiger partial charge is 0.282 e. The molecule has 1 fully saturated rings. The van der Waals surface area contributed by atoms with Crippen molar-refractivity contribution < 1.29 is 13.2 Å². The van der Waals surface area contributed by atoms with E-state index in [1.807, 2.05) is 35.3 Å². The average molecular weight is 511 g/mol. The van der Waals surface area contributed by atoms with Crippen LogP contribution in [0, 0.1) is 0 Å². The molecule has 3 aromatic rings. The zero-order valence-electron chi connectivity index (χ0n) is 16.6. The lowest BCUT2D eigenvalue weighted by atomic mass is 10.2. The molecule has 0 spiro atoms. The Labute approximate surface area is 201 Å². The fourth-order valence-electron chi connectivity index (χ4n) is 3.42. The van der Waals surface area contributed by atoms with E-state index >= 15 is 0 Å². The number of amides is 1. The SMILES string of the molecule is O=C1CCN(c2ccccc2)N1Cc1ccc(Cl)cc1NS(=O)(=O)c1ccc(Cl)c(Cl)c1. The number of nitrogens with zero attached hydrogens (tertiary/aromatic N) is 2. The molecular weight excluding hydrogens is 493 g/mol. The molecular formula is C22H18Cl3N3O3S. The molecule has 1 aliphatic heterocycles. The molecule has 3 aromatic carbocycles. The van der Waals surface area contributed by atoms with Gasteiger partial charge < -0.3 is 0 Å². The average Bonchev–Trinajstić information content (AvgIpc) is 3.12. The number of hydrogen-bond donors (Lipinski definition) is 1. The Kier molecular flexibility index (Phi) is 6.53. The summed E-state index contributed by atoms with van der Waals surface area (Å²) < 4.78 is 28.5. The van der Waals surface area contributed by atoms with Crippen molar-refractivity contribution in [1.29, 1.82) is 0 Å². The third kappa shape index (κ3) is 4.81. The Hall–Kier alpha value is -2.45. The molecule has 1 N–H and O–H groups in total. The summed E-state index contributed by atoms with van der Waals surface area (Å²) in [6, 6.07) is 18.5. The lowest BCUT2D eigenvalue weighted by molar-refractivity contribution is -0.128. The number of hydrazine groups is 1. The monoisotopic (exact) mass is 509 g/mol. The first-order chi connectivity index (χ1) is 15.2. The second kappa shape index (κ2) is 9.19. The molecule has 1 amide bonds. The molecule has 32 heavy (non-hydrogen) atoms. The fourth-order valence-corrected chi connectivity index (χ4v) is 5.07. The van der Waals surface area contributed by atoms with Gasteiger partial charge in [-0.05, 0) is 48.0 Å². The predicted molar refractivity (Wildman–Crippen MR) is 128 cm³/mol. The predicted octanol–water partition coefficient (Wildman–Crippen LogP) is 5.60. The summed E-state index contributed by atoms with van der Waals surface area (Å²) in [5.74, 6) is -0.0536. The summed E-state index contributed by atoms with van der Waals surface area (Å²) in [6.45, 7) is 0.713. The summed E-state index contributed by atoms with van der Waals surface area (Å²) in [4.78, 5) is 12.6. The molecule has 0 aliphatic carbocycles. The van der Waals surface area contributed by atoms with Crippen LogP contribution in [0.25, 0.3) is 0 Å². The summed E-state index contributed by atoms with van der Waals surface area (Å²) >= 11 is 18.0. The maximum Gasteiger partial charge on any atom is 0.261 e. The first kappa shape index (κ1) is 22.7. The molecule has 166 valence electrons. The standard InChI is InChI=1S/C22H18Cl3N3O3S/c23-16-7-6-15(14-28-22(29)10-11-27(28)17-4-2-1-3-5-17)21(12-16)26-32(30,31)18-8-9-19(24)20(25)13-18/h1-9,12-13,26H,10-11,14H2. The second-order valence-electron chi connectivity index (χ2n) is 7.14. The summed E-state index contributed by atoms with van der Waals surface area (Å²) in [5.41, 5.74) is 1.75. The van der Waals surface area contributed by atoms with E-state index in [2.05, 4.69) is 4.72 Å². The van der Waals surface area contributed by atoms with Crippen molar-refractivity contribution in [3.05, 3.63) is 87.4 Å². The van der Waals surface area contributed by atoms with Crippen LogP contribution in [-0.2, 0) is 21.4 Å². The van der Waals surface area contributed by atoms with Crippen LogP contribution in [0.4, 0.5) is 11.4 Å². The van der Waals surface area contributed by atoms with Gasteiger partial charge in [-0.25, -0.2) is 13.4 Å². The Morgan fingerprint density at radius 1 is 0.906 bits per heavy atom. The van der Waals surface area contributed by atoms with Crippen LogP contribution in [0.1, 0.15) is 12.0 Å². The Balaban J connectivity index is 1.65. The molecule has 0 bridgehead atoms. The van der Waals surface area contributed by atoms with Gasteiger partial charge in [0.05, 0.1) is 32.9 Å². The van der Waals surface area contributed by atoms with Crippen LogP contribution < -0.4 is 9.73 Å². The van der Waals surface area contributed by atoms with E-state index in [9.17, 15) is 13.2 Å². The molecule has 1 heterocycles. The minimum atomic E-state index is -3.97. The normalized spacial score (nSPS) is 14.2. The topological polar surface area (TPSA) is 69.7 Å². The number of nitrogens with one attached hydrogen (secondary N) is 1. The maximum absolute atomic E-state index is 13.0. The number of carbonyl (C=O) groups is 1. The molecule has 0 atom stereocenters. The highest BCUT2D eigenvalue weighted by molar-refractivity contribution is 7.92. The number of benzene rings is 3. The second-order valence-corrected chi connectivity index (χ2v) is 10.1. The van der Waals surface area contributed by atoms with Gasteiger partial charge in [-0.1, -0.05) is 59.1 Å². The maximum atomic E-state index is 13.0. The van der Waals surface area contributed by atoms with Gasteiger partial charge in [-0.2, -0.15) is 0 Å². The molecule has 0 radical (unpaired) electrons. The smallest absolute Gasteiger partial charge is 0.261 e. The molecule has 10 heteroatoms. The first-order valence-corrected chi connectivity index (χ1v) is 12.3. The first-order valence-electron chi connectivity index (χ1n) is 9.64. The van der Waals surface area contributed by atoms with E-state index in [-0.39, 0.29) is 33.1 Å². The summed E-state index contributed by atoms with van der Waals surface area (Å²) in [7, 11) is -3.97. The van der Waals surface area contributed by atoms with Gasteiger partial charge in [0, 0.05) is 18.0 Å². The van der Waals surface area contributed by atoms with E-state index in [1.54, 1.807) is 17.1 Å². The van der Waals surface area contributed by atoms with Gasteiger partial charge in [0.1, 0.15) is 0 Å². The molecule has 1 saturated heterocycles. The van der Waals surface area contributed by atoms with Crippen LogP contribution in [0.15, 0.2) is 71.6 Å². The molecule has 0 unspecified atom stereocenters. The number of hydrogen-bond acceptors (Lipinski definition) is 4. The van der Waals surface area contributed by atoms with Crippen molar-refractivity contribution in [1.82, 2.24) is 5.01 Å². The lowest BCUT2D eigenvalue weighted by Crippen LogP contribution is -2.38. The van der Waals surface area contributed by atoms with Crippen molar-refractivity contribution in [2.24, 2.45) is 0 Å². The lowest BCUT2D eigenvalue weighted by Gasteiger charge is -2.30. The number of rotatable bonds is 6. The number of halogens is 3. The molecule has 1 aliphatic rings.